The smallest absolute Gasteiger partial charge is 0.270 e. The zero-order valence-corrected chi connectivity index (χ0v) is 15.6. The van der Waals surface area contributed by atoms with Gasteiger partial charge in [-0.25, -0.2) is 9.37 Å². The van der Waals surface area contributed by atoms with Crippen molar-refractivity contribution in [1.82, 2.24) is 10.3 Å². The highest BCUT2D eigenvalue weighted by atomic mass is 19.1. The van der Waals surface area contributed by atoms with Crippen molar-refractivity contribution in [2.45, 2.75) is 13.0 Å². The minimum absolute atomic E-state index is 0.236. The molecule has 0 fully saturated rings. The lowest BCUT2D eigenvalue weighted by molar-refractivity contribution is 0.0945. The minimum Gasteiger partial charge on any atom is -0.496 e. The highest BCUT2D eigenvalue weighted by Gasteiger charge is 2.09. The van der Waals surface area contributed by atoms with E-state index in [0.29, 0.717) is 18.8 Å². The van der Waals surface area contributed by atoms with E-state index in [4.69, 9.17) is 4.74 Å². The van der Waals surface area contributed by atoms with Crippen molar-refractivity contribution in [3.8, 4) is 5.75 Å². The zero-order valence-electron chi connectivity index (χ0n) is 15.6. The number of carbonyl (C=O) groups excluding carboxylic acids is 1. The second-order valence-electron chi connectivity index (χ2n) is 6.23. The normalized spacial score (nSPS) is 10.4. The second-order valence-corrected chi connectivity index (χ2v) is 6.23. The third-order valence-corrected chi connectivity index (χ3v) is 4.28. The van der Waals surface area contributed by atoms with E-state index in [1.54, 1.807) is 31.5 Å². The van der Waals surface area contributed by atoms with Crippen LogP contribution in [0.15, 0.2) is 66.9 Å². The van der Waals surface area contributed by atoms with Crippen LogP contribution in [0.5, 0.6) is 5.75 Å². The van der Waals surface area contributed by atoms with Gasteiger partial charge in [-0.2, -0.15) is 0 Å². The molecule has 0 bridgehead atoms. The number of methoxy groups -OCH3 is 1. The van der Waals surface area contributed by atoms with E-state index in [0.717, 1.165) is 29.0 Å². The number of hydrogen-bond donors (Lipinski definition) is 2. The predicted molar refractivity (Wildman–Crippen MR) is 107 cm³/mol. The molecule has 3 rings (SSSR count). The van der Waals surface area contributed by atoms with Gasteiger partial charge in [0, 0.05) is 18.7 Å². The summed E-state index contributed by atoms with van der Waals surface area (Å²) in [5.74, 6) is 0.251. The Morgan fingerprint density at radius 1 is 1.07 bits per heavy atom. The molecule has 2 aromatic carbocycles. The Bertz CT molecular complexity index is 912. The summed E-state index contributed by atoms with van der Waals surface area (Å²) >= 11 is 0. The molecule has 0 aliphatic carbocycles. The average molecular weight is 379 g/mol. The number of pyridine rings is 1. The van der Waals surface area contributed by atoms with Gasteiger partial charge in [-0.1, -0.05) is 30.3 Å². The minimum atomic E-state index is -0.247. The van der Waals surface area contributed by atoms with Crippen LogP contribution in [0.2, 0.25) is 0 Å². The number of benzene rings is 2. The number of anilines is 1. The molecule has 3 aromatic rings. The first kappa shape index (κ1) is 19.4. The molecule has 28 heavy (non-hydrogen) atoms. The maximum absolute atomic E-state index is 12.9. The lowest BCUT2D eigenvalue weighted by atomic mass is 10.1. The lowest BCUT2D eigenvalue weighted by Crippen LogP contribution is -2.24. The summed E-state index contributed by atoms with van der Waals surface area (Å²) in [6.07, 6.45) is 2.39. The van der Waals surface area contributed by atoms with Crippen molar-refractivity contribution in [2.75, 3.05) is 19.0 Å². The highest BCUT2D eigenvalue weighted by Crippen LogP contribution is 2.17. The van der Waals surface area contributed by atoms with Gasteiger partial charge in [0.25, 0.3) is 5.91 Å². The predicted octanol–water partition coefficient (Wildman–Crippen LogP) is 3.81. The van der Waals surface area contributed by atoms with Gasteiger partial charge in [-0.05, 0) is 42.3 Å². The van der Waals surface area contributed by atoms with E-state index in [9.17, 15) is 9.18 Å². The summed E-state index contributed by atoms with van der Waals surface area (Å²) in [5, 5.41) is 6.09. The molecule has 0 aliphatic heterocycles. The molecule has 6 heteroatoms. The number of nitrogens with zero attached hydrogens (tertiary/aromatic N) is 1. The van der Waals surface area contributed by atoms with Crippen LogP contribution >= 0.6 is 0 Å². The first-order valence-corrected chi connectivity index (χ1v) is 9.00. The van der Waals surface area contributed by atoms with Gasteiger partial charge in [0.2, 0.25) is 0 Å². The third-order valence-electron chi connectivity index (χ3n) is 4.28. The number of para-hydroxylation sites is 1. The third kappa shape index (κ3) is 5.30. The molecule has 5 nitrogen and oxygen atoms in total. The van der Waals surface area contributed by atoms with Crippen molar-refractivity contribution in [3.05, 3.63) is 89.5 Å². The molecule has 144 valence electrons. The Morgan fingerprint density at radius 3 is 2.57 bits per heavy atom. The Morgan fingerprint density at radius 2 is 1.86 bits per heavy atom. The number of nitrogens with one attached hydrogen (secondary N) is 2. The van der Waals surface area contributed by atoms with Crippen LogP contribution in [0, 0.1) is 5.82 Å². The molecule has 0 unspecified atom stereocenters. The van der Waals surface area contributed by atoms with E-state index in [1.165, 1.54) is 12.1 Å². The van der Waals surface area contributed by atoms with Crippen LogP contribution in [0.25, 0.3) is 0 Å². The quantitative estimate of drug-likeness (QED) is 0.625. The molecule has 0 aliphatic rings. The standard InChI is InChI=1S/C22H22FN3O2/c1-28-21-5-3-2-4-17(21)14-26-22(27)20-11-10-19(15-25-20)24-13-12-16-6-8-18(23)9-7-16/h2-11,15,24H,12-14H2,1H3,(H,26,27). The fourth-order valence-corrected chi connectivity index (χ4v) is 2.75. The molecule has 0 saturated heterocycles. The number of ether oxygens (including phenoxy) is 1. The molecular formula is C22H22FN3O2. The van der Waals surface area contributed by atoms with Crippen molar-refractivity contribution >= 4 is 11.6 Å². The number of amides is 1. The first-order chi connectivity index (χ1) is 13.7. The molecule has 1 amide bonds. The fraction of sp³-hybridized carbons (Fsp3) is 0.182. The van der Waals surface area contributed by atoms with E-state index in [1.807, 2.05) is 30.3 Å². The Labute approximate surface area is 163 Å². The number of aromatic nitrogens is 1. The van der Waals surface area contributed by atoms with Gasteiger partial charge in [-0.15, -0.1) is 0 Å². The van der Waals surface area contributed by atoms with E-state index < -0.39 is 0 Å². The van der Waals surface area contributed by atoms with Crippen LogP contribution in [-0.2, 0) is 13.0 Å². The van der Waals surface area contributed by atoms with Gasteiger partial charge in [0.15, 0.2) is 0 Å². The second kappa shape index (κ2) is 9.50. The summed E-state index contributed by atoms with van der Waals surface area (Å²) in [5.41, 5.74) is 3.12. The molecule has 1 heterocycles. The molecule has 0 radical (unpaired) electrons. The largest absolute Gasteiger partial charge is 0.496 e. The number of halogens is 1. The summed E-state index contributed by atoms with van der Waals surface area (Å²) in [6, 6.07) is 17.5. The highest BCUT2D eigenvalue weighted by molar-refractivity contribution is 5.92. The summed E-state index contributed by atoms with van der Waals surface area (Å²) in [4.78, 5) is 16.5. The summed E-state index contributed by atoms with van der Waals surface area (Å²) in [7, 11) is 1.60. The topological polar surface area (TPSA) is 63.2 Å². The first-order valence-electron chi connectivity index (χ1n) is 9.00. The number of rotatable bonds is 8. The number of carbonyl (C=O) groups is 1. The van der Waals surface area contributed by atoms with Gasteiger partial charge < -0.3 is 15.4 Å². The summed E-state index contributed by atoms with van der Waals surface area (Å²) < 4.78 is 18.2. The van der Waals surface area contributed by atoms with Crippen molar-refractivity contribution in [3.63, 3.8) is 0 Å². The molecule has 0 spiro atoms. The van der Waals surface area contributed by atoms with Crippen LogP contribution in [0.3, 0.4) is 0 Å². The summed E-state index contributed by atoms with van der Waals surface area (Å²) in [6.45, 7) is 1.05. The van der Waals surface area contributed by atoms with Crippen LogP contribution in [-0.4, -0.2) is 24.5 Å². The maximum Gasteiger partial charge on any atom is 0.270 e. The van der Waals surface area contributed by atoms with Crippen molar-refractivity contribution in [1.29, 1.82) is 0 Å². The zero-order chi connectivity index (χ0) is 19.8. The monoisotopic (exact) mass is 379 g/mol. The average Bonchev–Trinajstić information content (AvgIpc) is 2.74. The van der Waals surface area contributed by atoms with E-state index in [-0.39, 0.29) is 11.7 Å². The van der Waals surface area contributed by atoms with Crippen molar-refractivity contribution in [2.24, 2.45) is 0 Å². The fourth-order valence-electron chi connectivity index (χ4n) is 2.75. The van der Waals surface area contributed by atoms with Crippen LogP contribution < -0.4 is 15.4 Å². The van der Waals surface area contributed by atoms with Crippen LogP contribution in [0.1, 0.15) is 21.6 Å². The van der Waals surface area contributed by atoms with Gasteiger partial charge >= 0.3 is 0 Å². The molecule has 0 atom stereocenters. The SMILES string of the molecule is COc1ccccc1CNC(=O)c1ccc(NCCc2ccc(F)cc2)cn1. The molecular weight excluding hydrogens is 357 g/mol. The lowest BCUT2D eigenvalue weighted by Gasteiger charge is -2.10. The van der Waals surface area contributed by atoms with Crippen LogP contribution in [0.4, 0.5) is 10.1 Å². The Kier molecular flexibility index (Phi) is 6.57. The van der Waals surface area contributed by atoms with Crippen molar-refractivity contribution < 1.29 is 13.9 Å². The van der Waals surface area contributed by atoms with Gasteiger partial charge in [-0.3, -0.25) is 4.79 Å². The van der Waals surface area contributed by atoms with Gasteiger partial charge in [0.1, 0.15) is 17.3 Å². The Hall–Kier alpha value is -3.41. The maximum atomic E-state index is 12.9. The molecule has 0 saturated carbocycles. The Balaban J connectivity index is 1.49. The molecule has 1 aromatic heterocycles. The molecule has 2 N–H and O–H groups in total. The number of hydrogen-bond acceptors (Lipinski definition) is 4. The van der Waals surface area contributed by atoms with E-state index >= 15 is 0 Å². The van der Waals surface area contributed by atoms with Gasteiger partial charge in [0.05, 0.1) is 19.0 Å². The van der Waals surface area contributed by atoms with E-state index in [2.05, 4.69) is 15.6 Å².